The van der Waals surface area contributed by atoms with Crippen LogP contribution in [0.3, 0.4) is 0 Å². The van der Waals surface area contributed by atoms with Crippen molar-refractivity contribution in [2.45, 2.75) is 26.7 Å². The predicted molar refractivity (Wildman–Crippen MR) is 69.0 cm³/mol. The molecule has 0 fully saturated rings. The molecular formula is C14H17ClO2. The molecule has 0 saturated carbocycles. The summed E-state index contributed by atoms with van der Waals surface area (Å²) in [7, 11) is 0. The predicted octanol–water partition coefficient (Wildman–Crippen LogP) is 2.43. The molecule has 92 valence electrons. The van der Waals surface area contributed by atoms with Crippen LogP contribution in [-0.4, -0.2) is 23.4 Å². The van der Waals surface area contributed by atoms with Crippen molar-refractivity contribution in [3.8, 4) is 0 Å². The second-order valence-electron chi connectivity index (χ2n) is 4.72. The minimum Gasteiger partial charge on any atom is -0.396 e. The Balaban J connectivity index is 2.53. The van der Waals surface area contributed by atoms with Gasteiger partial charge in [-0.1, -0.05) is 6.07 Å². The van der Waals surface area contributed by atoms with Crippen LogP contribution in [0.2, 0.25) is 0 Å². The quantitative estimate of drug-likeness (QED) is 0.839. The number of ketones is 1. The first-order valence-corrected chi connectivity index (χ1v) is 6.46. The van der Waals surface area contributed by atoms with Crippen molar-refractivity contribution in [1.29, 1.82) is 0 Å². The number of hydrogen-bond donors (Lipinski definition) is 1. The van der Waals surface area contributed by atoms with Crippen molar-refractivity contribution in [2.75, 3.05) is 12.5 Å². The van der Waals surface area contributed by atoms with Crippen LogP contribution >= 0.6 is 11.6 Å². The fraction of sp³-hybridized carbons (Fsp3) is 0.500. The zero-order valence-electron chi connectivity index (χ0n) is 10.2. The van der Waals surface area contributed by atoms with E-state index in [9.17, 15) is 9.90 Å². The van der Waals surface area contributed by atoms with Gasteiger partial charge in [0.15, 0.2) is 5.78 Å². The van der Waals surface area contributed by atoms with E-state index >= 15 is 0 Å². The first-order valence-electron chi connectivity index (χ1n) is 5.93. The molecule has 0 amide bonds. The number of carbonyl (C=O) groups is 1. The Labute approximate surface area is 107 Å². The maximum absolute atomic E-state index is 12.1. The molecule has 1 aliphatic rings. The summed E-state index contributed by atoms with van der Waals surface area (Å²) in [4.78, 5) is 12.1. The number of hydrogen-bond acceptors (Lipinski definition) is 2. The molecule has 2 nitrogen and oxygen atoms in total. The maximum Gasteiger partial charge on any atom is 0.169 e. The van der Waals surface area contributed by atoms with Crippen LogP contribution in [0, 0.1) is 19.8 Å². The summed E-state index contributed by atoms with van der Waals surface area (Å²) in [6, 6.07) is 2.08. The van der Waals surface area contributed by atoms with Gasteiger partial charge in [-0.3, -0.25) is 4.79 Å². The number of rotatable bonds is 3. The van der Waals surface area contributed by atoms with Gasteiger partial charge in [-0.2, -0.15) is 0 Å². The summed E-state index contributed by atoms with van der Waals surface area (Å²) in [5, 5.41) is 9.20. The van der Waals surface area contributed by atoms with Gasteiger partial charge in [-0.25, -0.2) is 0 Å². The number of fused-ring (bicyclic) bond motifs is 1. The van der Waals surface area contributed by atoms with Crippen molar-refractivity contribution < 1.29 is 9.90 Å². The molecule has 0 aliphatic heterocycles. The Morgan fingerprint density at radius 1 is 1.47 bits per heavy atom. The van der Waals surface area contributed by atoms with Gasteiger partial charge in [0.2, 0.25) is 0 Å². The third-order valence-corrected chi connectivity index (χ3v) is 3.85. The number of carbonyl (C=O) groups excluding carboxylic acids is 1. The first kappa shape index (κ1) is 12.6. The molecule has 1 aliphatic carbocycles. The molecule has 0 aromatic heterocycles. The van der Waals surface area contributed by atoms with Crippen molar-refractivity contribution >= 4 is 17.4 Å². The molecule has 0 saturated heterocycles. The van der Waals surface area contributed by atoms with Crippen LogP contribution in [0.5, 0.6) is 0 Å². The maximum atomic E-state index is 12.1. The van der Waals surface area contributed by atoms with E-state index in [1.807, 2.05) is 6.92 Å². The van der Waals surface area contributed by atoms with Gasteiger partial charge in [0.05, 0.1) is 6.61 Å². The highest BCUT2D eigenvalue weighted by Gasteiger charge is 2.32. The zero-order valence-corrected chi connectivity index (χ0v) is 11.0. The summed E-state index contributed by atoms with van der Waals surface area (Å²) in [5.74, 6) is 0.420. The Kier molecular flexibility index (Phi) is 3.55. The van der Waals surface area contributed by atoms with Crippen LogP contribution < -0.4 is 0 Å². The zero-order chi connectivity index (χ0) is 12.6. The highest BCUT2D eigenvalue weighted by molar-refractivity contribution is 6.18. The Hall–Kier alpha value is -0.860. The topological polar surface area (TPSA) is 37.3 Å². The lowest BCUT2D eigenvalue weighted by molar-refractivity contribution is 0.0882. The molecule has 1 atom stereocenters. The van der Waals surface area contributed by atoms with E-state index in [4.69, 9.17) is 11.6 Å². The molecule has 1 aromatic rings. The molecule has 0 heterocycles. The molecule has 0 spiro atoms. The summed E-state index contributed by atoms with van der Waals surface area (Å²) in [5.41, 5.74) is 5.36. The lowest BCUT2D eigenvalue weighted by Crippen LogP contribution is -2.14. The monoisotopic (exact) mass is 252 g/mol. The summed E-state index contributed by atoms with van der Waals surface area (Å²) in [6.07, 6.45) is 1.47. The molecule has 2 rings (SSSR count). The number of aliphatic hydroxyl groups is 1. The van der Waals surface area contributed by atoms with E-state index in [0.29, 0.717) is 12.3 Å². The van der Waals surface area contributed by atoms with Crippen molar-refractivity contribution in [3.63, 3.8) is 0 Å². The molecular weight excluding hydrogens is 236 g/mol. The third-order valence-electron chi connectivity index (χ3n) is 3.66. The van der Waals surface area contributed by atoms with Gasteiger partial charge in [-0.15, -0.1) is 11.6 Å². The number of aryl methyl sites for hydroxylation is 1. The van der Waals surface area contributed by atoms with Crippen LogP contribution in [0.15, 0.2) is 6.07 Å². The highest BCUT2D eigenvalue weighted by atomic mass is 35.5. The van der Waals surface area contributed by atoms with E-state index in [-0.39, 0.29) is 18.3 Å². The Morgan fingerprint density at radius 2 is 2.18 bits per heavy atom. The lowest BCUT2D eigenvalue weighted by atomic mass is 9.92. The number of alkyl halides is 1. The average molecular weight is 253 g/mol. The summed E-state index contributed by atoms with van der Waals surface area (Å²) in [6.45, 7) is 3.99. The van der Waals surface area contributed by atoms with Crippen molar-refractivity contribution in [2.24, 2.45) is 5.92 Å². The second-order valence-corrected chi connectivity index (χ2v) is 5.10. The number of benzene rings is 1. The Morgan fingerprint density at radius 3 is 2.76 bits per heavy atom. The molecule has 0 bridgehead atoms. The lowest BCUT2D eigenvalue weighted by Gasteiger charge is -2.12. The smallest absolute Gasteiger partial charge is 0.169 e. The summed E-state index contributed by atoms with van der Waals surface area (Å²) >= 11 is 5.80. The molecule has 17 heavy (non-hydrogen) atoms. The van der Waals surface area contributed by atoms with Gasteiger partial charge in [0.25, 0.3) is 0 Å². The largest absolute Gasteiger partial charge is 0.396 e. The van der Waals surface area contributed by atoms with Gasteiger partial charge in [0.1, 0.15) is 0 Å². The van der Waals surface area contributed by atoms with Crippen molar-refractivity contribution in [1.82, 2.24) is 0 Å². The fourth-order valence-electron chi connectivity index (χ4n) is 2.80. The fourth-order valence-corrected chi connectivity index (χ4v) is 2.99. The first-order chi connectivity index (χ1) is 8.10. The molecule has 1 unspecified atom stereocenters. The molecule has 1 N–H and O–H groups in total. The molecule has 1 aromatic carbocycles. The third kappa shape index (κ3) is 2.00. The highest BCUT2D eigenvalue weighted by Crippen LogP contribution is 2.33. The number of Topliss-reactive ketones (excluding diaryl/α,β-unsaturated/α-hetero) is 1. The van der Waals surface area contributed by atoms with Gasteiger partial charge in [0, 0.05) is 17.4 Å². The van der Waals surface area contributed by atoms with Crippen molar-refractivity contribution in [3.05, 3.63) is 33.9 Å². The minimum absolute atomic E-state index is 0.0587. The van der Waals surface area contributed by atoms with Crippen LogP contribution in [0.4, 0.5) is 0 Å². The summed E-state index contributed by atoms with van der Waals surface area (Å²) < 4.78 is 0. The SMILES string of the molecule is Cc1cc2c(c(C)c1CCCl)C(=O)C(CO)C2. The average Bonchev–Trinajstić information content (AvgIpc) is 2.61. The van der Waals surface area contributed by atoms with Crippen LogP contribution in [0.1, 0.15) is 32.6 Å². The van der Waals surface area contributed by atoms with Gasteiger partial charge < -0.3 is 5.11 Å². The number of aliphatic hydroxyl groups excluding tert-OH is 1. The van der Waals surface area contributed by atoms with Gasteiger partial charge in [-0.05, 0) is 48.9 Å². The van der Waals surface area contributed by atoms with Crippen LogP contribution in [0.25, 0.3) is 0 Å². The standard InChI is InChI=1S/C14H17ClO2/c1-8-5-10-6-11(7-16)14(17)13(10)9(2)12(8)3-4-15/h5,11,16H,3-4,6-7H2,1-2H3. The van der Waals surface area contributed by atoms with E-state index in [0.717, 1.165) is 23.1 Å². The Bertz CT molecular complexity index is 466. The molecule has 3 heteroatoms. The van der Waals surface area contributed by atoms with E-state index in [2.05, 4.69) is 13.0 Å². The molecule has 0 radical (unpaired) electrons. The normalized spacial score (nSPS) is 18.6. The number of halogens is 1. The van der Waals surface area contributed by atoms with E-state index in [1.165, 1.54) is 11.1 Å². The van der Waals surface area contributed by atoms with Crippen LogP contribution in [-0.2, 0) is 12.8 Å². The van der Waals surface area contributed by atoms with Gasteiger partial charge >= 0.3 is 0 Å². The minimum atomic E-state index is -0.241. The van der Waals surface area contributed by atoms with E-state index in [1.54, 1.807) is 0 Å². The second kappa shape index (κ2) is 4.79. The van der Waals surface area contributed by atoms with E-state index < -0.39 is 0 Å².